The molecule has 6 aromatic rings. The van der Waals surface area contributed by atoms with E-state index < -0.39 is 12.5 Å². The first-order chi connectivity index (χ1) is 21.3. The van der Waals surface area contributed by atoms with Gasteiger partial charge >= 0.3 is 159 Å². The first-order valence-corrected chi connectivity index (χ1v) is 15.4. The summed E-state index contributed by atoms with van der Waals surface area (Å²) in [5.41, 5.74) is 3.09. The minimum atomic E-state index is -4.70. The van der Waals surface area contributed by atoms with Gasteiger partial charge < -0.3 is 4.40 Å². The summed E-state index contributed by atoms with van der Waals surface area (Å²) in [6.45, 7) is 0.0108. The van der Waals surface area contributed by atoms with Gasteiger partial charge in [-0.15, -0.1) is 0 Å². The van der Waals surface area contributed by atoms with Crippen LogP contribution in [0.15, 0.2) is 116 Å². The Hall–Kier alpha value is -4.99. The number of fused-ring (bicyclic) bond motifs is 4. The summed E-state index contributed by atoms with van der Waals surface area (Å²) >= 11 is 0.0255. The van der Waals surface area contributed by atoms with Gasteiger partial charge in [0, 0.05) is 23.2 Å². The standard InChI is InChI=1S/C33H23F3N2O5Se/c34-33(35,36)43-26-12-14-27(15-13-26)44-18-4-17-40-25-10-8-22(9-11-25)21-41-32(39)42-29-7-3-5-23-19-24-20-38-16-2-1-6-28(38)30(24)37-31(23)29/h1-17,19-20H,18,21H2. The van der Waals surface area contributed by atoms with Crippen LogP contribution in [0.3, 0.4) is 0 Å². The molecule has 0 aliphatic rings. The molecule has 0 aliphatic carbocycles. The second-order valence-electron chi connectivity index (χ2n) is 9.48. The third kappa shape index (κ3) is 7.14. The molecular formula is C33H23F3N2O5Se. The Morgan fingerprint density at radius 3 is 2.48 bits per heavy atom. The van der Waals surface area contributed by atoms with E-state index in [1.54, 1.807) is 54.8 Å². The van der Waals surface area contributed by atoms with Crippen molar-refractivity contribution in [2.45, 2.75) is 18.3 Å². The average Bonchev–Trinajstić information content (AvgIpc) is 3.37. The molecule has 0 unspecified atom stereocenters. The fraction of sp³-hybridized carbons (Fsp3) is 0.0909. The number of ether oxygens (including phenoxy) is 4. The number of nitrogens with zero attached hydrogens (tertiary/aromatic N) is 2. The molecule has 0 atom stereocenters. The van der Waals surface area contributed by atoms with Crippen LogP contribution < -0.4 is 18.7 Å². The Labute approximate surface area is 255 Å². The molecule has 3 heterocycles. The fourth-order valence-electron chi connectivity index (χ4n) is 4.47. The molecule has 3 aromatic heterocycles. The van der Waals surface area contributed by atoms with Crippen molar-refractivity contribution in [1.82, 2.24) is 9.38 Å². The number of hydrogen-bond donors (Lipinski definition) is 0. The zero-order valence-electron chi connectivity index (χ0n) is 22.9. The van der Waals surface area contributed by atoms with E-state index in [9.17, 15) is 18.0 Å². The van der Waals surface area contributed by atoms with Gasteiger partial charge in [0.25, 0.3) is 0 Å². The summed E-state index contributed by atoms with van der Waals surface area (Å²) in [5, 5.41) is 2.53. The van der Waals surface area contributed by atoms with E-state index >= 15 is 0 Å². The molecule has 11 heteroatoms. The minimum absolute atomic E-state index is 0.0108. The van der Waals surface area contributed by atoms with Gasteiger partial charge in [-0.3, -0.25) is 0 Å². The smallest absolute Gasteiger partial charge is 0.321 e. The van der Waals surface area contributed by atoms with E-state index in [4.69, 9.17) is 19.2 Å². The quantitative estimate of drug-likeness (QED) is 0.0687. The molecule has 0 bridgehead atoms. The number of para-hydroxylation sites is 1. The number of alkyl halides is 3. The van der Waals surface area contributed by atoms with Crippen molar-refractivity contribution >= 4 is 52.9 Å². The second-order valence-corrected chi connectivity index (χ2v) is 11.8. The molecule has 6 rings (SSSR count). The van der Waals surface area contributed by atoms with E-state index in [1.807, 2.05) is 53.2 Å². The van der Waals surface area contributed by atoms with Crippen LogP contribution in [-0.2, 0) is 11.3 Å². The number of rotatable bonds is 9. The molecule has 0 saturated carbocycles. The molecule has 0 fully saturated rings. The summed E-state index contributed by atoms with van der Waals surface area (Å²) in [6.07, 6.45) is 1.84. The molecule has 7 nitrogen and oxygen atoms in total. The molecule has 0 aliphatic heterocycles. The molecule has 0 spiro atoms. The van der Waals surface area contributed by atoms with Crippen molar-refractivity contribution in [2.24, 2.45) is 0 Å². The van der Waals surface area contributed by atoms with Crippen molar-refractivity contribution in [2.75, 3.05) is 0 Å². The van der Waals surface area contributed by atoms with Gasteiger partial charge in [-0.25, -0.2) is 4.98 Å². The number of pyridine rings is 2. The van der Waals surface area contributed by atoms with Gasteiger partial charge in [-0.05, 0) is 24.3 Å². The van der Waals surface area contributed by atoms with Crippen molar-refractivity contribution in [3.63, 3.8) is 0 Å². The Balaban J connectivity index is 0.986. The summed E-state index contributed by atoms with van der Waals surface area (Å²) in [7, 11) is 0. The van der Waals surface area contributed by atoms with Crippen LogP contribution in [0.4, 0.5) is 18.0 Å². The van der Waals surface area contributed by atoms with Crippen molar-refractivity contribution < 1.29 is 36.9 Å². The van der Waals surface area contributed by atoms with Gasteiger partial charge in [0.05, 0.1) is 11.0 Å². The Morgan fingerprint density at radius 2 is 1.68 bits per heavy atom. The van der Waals surface area contributed by atoms with Crippen molar-refractivity contribution in [3.8, 4) is 17.2 Å². The number of carbonyl (C=O) groups excluding carboxylic acids is 1. The van der Waals surface area contributed by atoms with Crippen LogP contribution in [0.5, 0.6) is 17.2 Å². The Morgan fingerprint density at radius 1 is 0.886 bits per heavy atom. The summed E-state index contributed by atoms with van der Waals surface area (Å²) in [5.74, 6) is 0.672. The van der Waals surface area contributed by atoms with E-state index in [2.05, 4.69) is 4.74 Å². The molecule has 0 N–H and O–H groups in total. The molecule has 0 radical (unpaired) electrons. The minimum Gasteiger partial charge on any atom is -0.321 e. The van der Waals surface area contributed by atoms with E-state index in [0.717, 1.165) is 31.8 Å². The molecule has 44 heavy (non-hydrogen) atoms. The van der Waals surface area contributed by atoms with Gasteiger partial charge in [-0.2, -0.15) is 0 Å². The van der Waals surface area contributed by atoms with Crippen LogP contribution in [0.2, 0.25) is 5.32 Å². The second kappa shape index (κ2) is 12.7. The molecule has 222 valence electrons. The maximum absolute atomic E-state index is 12.5. The van der Waals surface area contributed by atoms with Gasteiger partial charge in [0.2, 0.25) is 0 Å². The van der Waals surface area contributed by atoms with E-state index in [0.29, 0.717) is 22.3 Å². The first-order valence-electron chi connectivity index (χ1n) is 13.3. The SMILES string of the molecule is O=C(OCc1ccc(OC=CC[Se]c2ccc(OC(F)(F)F)cc2)cc1)Oc1cccc2cc3cn4ccccc4c3nc12. The summed E-state index contributed by atoms with van der Waals surface area (Å²) in [4.78, 5) is 17.3. The van der Waals surface area contributed by atoms with Gasteiger partial charge in [-0.1, -0.05) is 18.2 Å². The van der Waals surface area contributed by atoms with Crippen LogP contribution in [-0.4, -0.2) is 36.9 Å². The van der Waals surface area contributed by atoms with E-state index in [1.165, 1.54) is 12.1 Å². The average molecular weight is 664 g/mol. The normalized spacial score (nSPS) is 11.8. The predicted molar refractivity (Wildman–Crippen MR) is 161 cm³/mol. The zero-order chi connectivity index (χ0) is 30.5. The third-order valence-corrected chi connectivity index (χ3v) is 8.45. The van der Waals surface area contributed by atoms with Crippen LogP contribution >= 0.6 is 0 Å². The number of aromatic nitrogens is 2. The Kier molecular flexibility index (Phi) is 8.40. The Bertz CT molecular complexity index is 1960. The van der Waals surface area contributed by atoms with Gasteiger partial charge in [0.1, 0.15) is 5.52 Å². The number of carbonyl (C=O) groups is 1. The summed E-state index contributed by atoms with van der Waals surface area (Å²) in [6, 6.07) is 26.2. The number of allylic oxidation sites excluding steroid dienone is 1. The first kappa shape index (κ1) is 29.1. The fourth-order valence-corrected chi connectivity index (χ4v) is 5.93. The topological polar surface area (TPSA) is 71.3 Å². The zero-order valence-corrected chi connectivity index (χ0v) is 24.6. The van der Waals surface area contributed by atoms with Gasteiger partial charge in [0.15, 0.2) is 5.75 Å². The number of hydrogen-bond acceptors (Lipinski definition) is 6. The van der Waals surface area contributed by atoms with Crippen LogP contribution in [0.25, 0.3) is 27.3 Å². The molecule has 3 aromatic carbocycles. The number of halogens is 3. The van der Waals surface area contributed by atoms with Crippen LogP contribution in [0, 0.1) is 0 Å². The third-order valence-electron chi connectivity index (χ3n) is 6.43. The molecular weight excluding hydrogens is 640 g/mol. The van der Waals surface area contributed by atoms with Crippen molar-refractivity contribution in [3.05, 3.63) is 121 Å². The van der Waals surface area contributed by atoms with Crippen LogP contribution in [0.1, 0.15) is 5.56 Å². The van der Waals surface area contributed by atoms with Crippen molar-refractivity contribution in [1.29, 1.82) is 0 Å². The summed E-state index contributed by atoms with van der Waals surface area (Å²) < 4.78 is 60.1. The maximum atomic E-state index is 12.5. The molecule has 0 saturated heterocycles. The number of benzene rings is 3. The monoisotopic (exact) mass is 664 g/mol. The van der Waals surface area contributed by atoms with E-state index in [-0.39, 0.29) is 27.3 Å². The predicted octanol–water partition coefficient (Wildman–Crippen LogP) is 7.60. The molecule has 0 amide bonds.